The summed E-state index contributed by atoms with van der Waals surface area (Å²) in [6.45, 7) is 4.81. The van der Waals surface area contributed by atoms with E-state index in [9.17, 15) is 4.79 Å². The van der Waals surface area contributed by atoms with Crippen LogP contribution in [0, 0.1) is 0 Å². The van der Waals surface area contributed by atoms with Crippen molar-refractivity contribution in [3.63, 3.8) is 0 Å². The van der Waals surface area contributed by atoms with Crippen molar-refractivity contribution >= 4 is 6.03 Å². The summed E-state index contributed by atoms with van der Waals surface area (Å²) in [4.78, 5) is 12.0. The minimum atomic E-state index is -0.183. The van der Waals surface area contributed by atoms with Gasteiger partial charge in [0.25, 0.3) is 0 Å². The summed E-state index contributed by atoms with van der Waals surface area (Å²) in [5, 5.41) is 5.82. The molecule has 2 aromatic carbocycles. The second-order valence-electron chi connectivity index (χ2n) is 5.74. The minimum absolute atomic E-state index is 0.0941. The Balaban J connectivity index is 1.95. The maximum absolute atomic E-state index is 12.0. The molecule has 0 saturated carbocycles. The van der Waals surface area contributed by atoms with Gasteiger partial charge in [0.1, 0.15) is 0 Å². The molecule has 1 unspecified atom stereocenters. The predicted octanol–water partition coefficient (Wildman–Crippen LogP) is 3.65. The number of nitrogens with one attached hydrogen (secondary N) is 2. The van der Waals surface area contributed by atoms with Crippen LogP contribution in [0.3, 0.4) is 0 Å². The highest BCUT2D eigenvalue weighted by Crippen LogP contribution is 2.14. The van der Waals surface area contributed by atoms with E-state index in [-0.39, 0.29) is 18.1 Å². The molecule has 0 aliphatic rings. The van der Waals surface area contributed by atoms with Gasteiger partial charge in [0.05, 0.1) is 19.3 Å². The molecular weight excluding hydrogens is 288 g/mol. The smallest absolute Gasteiger partial charge is 0.315 e. The number of hydrogen-bond donors (Lipinski definition) is 2. The number of ether oxygens (including phenoxy) is 1. The minimum Gasteiger partial charge on any atom is -0.374 e. The largest absolute Gasteiger partial charge is 0.374 e. The molecule has 0 aliphatic heterocycles. The average Bonchev–Trinajstić information content (AvgIpc) is 2.55. The summed E-state index contributed by atoms with van der Waals surface area (Å²) in [6, 6.07) is 19.6. The predicted molar refractivity (Wildman–Crippen MR) is 92.1 cm³/mol. The van der Waals surface area contributed by atoms with E-state index in [4.69, 9.17) is 4.74 Å². The van der Waals surface area contributed by atoms with Crippen molar-refractivity contribution in [1.29, 1.82) is 0 Å². The highest BCUT2D eigenvalue weighted by atomic mass is 16.5. The van der Waals surface area contributed by atoms with Gasteiger partial charge in [-0.2, -0.15) is 0 Å². The van der Waals surface area contributed by atoms with E-state index >= 15 is 0 Å². The Bertz CT molecular complexity index is 585. The fraction of sp³-hybridized carbons (Fsp3) is 0.316. The van der Waals surface area contributed by atoms with Gasteiger partial charge >= 0.3 is 6.03 Å². The number of urea groups is 1. The first-order valence-corrected chi connectivity index (χ1v) is 7.89. The van der Waals surface area contributed by atoms with E-state index in [0.29, 0.717) is 13.2 Å². The second kappa shape index (κ2) is 8.96. The second-order valence-corrected chi connectivity index (χ2v) is 5.74. The molecule has 0 saturated heterocycles. The zero-order chi connectivity index (χ0) is 16.5. The summed E-state index contributed by atoms with van der Waals surface area (Å²) in [6.07, 6.45) is 0. The number of amides is 2. The summed E-state index contributed by atoms with van der Waals surface area (Å²) in [5.74, 6) is 0. The lowest BCUT2D eigenvalue weighted by Gasteiger charge is -2.20. The molecule has 4 nitrogen and oxygen atoms in total. The molecule has 4 heteroatoms. The molecule has 23 heavy (non-hydrogen) atoms. The van der Waals surface area contributed by atoms with Crippen LogP contribution in [0.15, 0.2) is 60.7 Å². The van der Waals surface area contributed by atoms with E-state index in [1.807, 2.05) is 74.5 Å². The van der Waals surface area contributed by atoms with Crippen molar-refractivity contribution in [2.24, 2.45) is 0 Å². The van der Waals surface area contributed by atoms with Crippen LogP contribution in [0.5, 0.6) is 0 Å². The van der Waals surface area contributed by atoms with Crippen molar-refractivity contribution in [2.75, 3.05) is 6.61 Å². The maximum Gasteiger partial charge on any atom is 0.315 e. The van der Waals surface area contributed by atoms with Crippen molar-refractivity contribution < 1.29 is 9.53 Å². The Kier molecular flexibility index (Phi) is 6.63. The molecule has 2 aromatic rings. The van der Waals surface area contributed by atoms with Gasteiger partial charge in [-0.1, -0.05) is 60.7 Å². The Morgan fingerprint density at radius 2 is 1.57 bits per heavy atom. The monoisotopic (exact) mass is 312 g/mol. The van der Waals surface area contributed by atoms with Crippen LogP contribution in [0.4, 0.5) is 4.79 Å². The zero-order valence-corrected chi connectivity index (χ0v) is 13.7. The molecule has 0 heterocycles. The van der Waals surface area contributed by atoms with Crippen molar-refractivity contribution in [2.45, 2.75) is 32.5 Å². The molecule has 2 N–H and O–H groups in total. The number of benzene rings is 2. The van der Waals surface area contributed by atoms with Crippen molar-refractivity contribution in [3.8, 4) is 0 Å². The maximum atomic E-state index is 12.0. The van der Waals surface area contributed by atoms with Gasteiger partial charge < -0.3 is 15.4 Å². The van der Waals surface area contributed by atoms with E-state index in [1.54, 1.807) is 0 Å². The molecule has 0 radical (unpaired) electrons. The highest BCUT2D eigenvalue weighted by molar-refractivity contribution is 5.74. The van der Waals surface area contributed by atoms with Gasteiger partial charge in [0, 0.05) is 6.04 Å². The molecule has 0 fully saturated rings. The van der Waals surface area contributed by atoms with Crippen LogP contribution in [-0.4, -0.2) is 18.7 Å². The van der Waals surface area contributed by atoms with E-state index in [0.717, 1.165) is 11.1 Å². The van der Waals surface area contributed by atoms with Crippen molar-refractivity contribution in [1.82, 2.24) is 10.6 Å². The van der Waals surface area contributed by atoms with Crippen LogP contribution in [0.2, 0.25) is 0 Å². The van der Waals surface area contributed by atoms with E-state index < -0.39 is 0 Å². The van der Waals surface area contributed by atoms with Crippen LogP contribution < -0.4 is 10.6 Å². The first-order chi connectivity index (χ1) is 11.1. The zero-order valence-electron chi connectivity index (χ0n) is 13.7. The van der Waals surface area contributed by atoms with Gasteiger partial charge in [-0.3, -0.25) is 0 Å². The third-order valence-electron chi connectivity index (χ3n) is 3.32. The lowest BCUT2D eigenvalue weighted by atomic mass is 10.1. The Morgan fingerprint density at radius 1 is 0.957 bits per heavy atom. The molecule has 1 atom stereocenters. The van der Waals surface area contributed by atoms with Crippen LogP contribution in [0.25, 0.3) is 0 Å². The number of hydrogen-bond acceptors (Lipinski definition) is 2. The number of carbonyl (C=O) groups excluding carboxylic acids is 1. The summed E-state index contributed by atoms with van der Waals surface area (Å²) < 4.78 is 5.80. The first-order valence-electron chi connectivity index (χ1n) is 7.89. The molecule has 2 amide bonds. The fourth-order valence-corrected chi connectivity index (χ4v) is 2.24. The van der Waals surface area contributed by atoms with Gasteiger partial charge in [0.2, 0.25) is 0 Å². The standard InChI is InChI=1S/C19H24N2O2/c1-15(2)20-19(22)21-18(17-11-7-4-8-12-17)14-23-13-16-9-5-3-6-10-16/h3-12,15,18H,13-14H2,1-2H3,(H2,20,21,22). The van der Waals surface area contributed by atoms with Crippen molar-refractivity contribution in [3.05, 3.63) is 71.8 Å². The Hall–Kier alpha value is -2.33. The number of rotatable bonds is 7. The SMILES string of the molecule is CC(C)NC(=O)NC(COCc1ccccc1)c1ccccc1. The summed E-state index contributed by atoms with van der Waals surface area (Å²) in [5.41, 5.74) is 2.14. The molecule has 0 spiro atoms. The molecule has 0 bridgehead atoms. The van der Waals surface area contributed by atoms with Crippen LogP contribution in [-0.2, 0) is 11.3 Å². The molecular formula is C19H24N2O2. The molecule has 0 aromatic heterocycles. The quantitative estimate of drug-likeness (QED) is 0.820. The van der Waals surface area contributed by atoms with Gasteiger partial charge in [-0.25, -0.2) is 4.79 Å². The van der Waals surface area contributed by atoms with Crippen LogP contribution >= 0.6 is 0 Å². The fourth-order valence-electron chi connectivity index (χ4n) is 2.24. The highest BCUT2D eigenvalue weighted by Gasteiger charge is 2.15. The summed E-state index contributed by atoms with van der Waals surface area (Å²) >= 11 is 0. The lowest BCUT2D eigenvalue weighted by Crippen LogP contribution is -2.42. The Morgan fingerprint density at radius 3 is 2.17 bits per heavy atom. The van der Waals surface area contributed by atoms with Crippen LogP contribution in [0.1, 0.15) is 31.0 Å². The number of carbonyl (C=O) groups is 1. The topological polar surface area (TPSA) is 50.4 Å². The normalized spacial score (nSPS) is 12.0. The van der Waals surface area contributed by atoms with E-state index in [2.05, 4.69) is 10.6 Å². The molecule has 0 aliphatic carbocycles. The van der Waals surface area contributed by atoms with Gasteiger partial charge in [-0.05, 0) is 25.0 Å². The molecule has 2 rings (SSSR count). The average molecular weight is 312 g/mol. The van der Waals surface area contributed by atoms with E-state index in [1.165, 1.54) is 0 Å². The third kappa shape index (κ3) is 6.12. The summed E-state index contributed by atoms with van der Waals surface area (Å²) in [7, 11) is 0. The molecule has 122 valence electrons. The Labute approximate surface area is 137 Å². The van der Waals surface area contributed by atoms with Gasteiger partial charge in [0.15, 0.2) is 0 Å². The first kappa shape index (κ1) is 17.0. The van der Waals surface area contributed by atoms with Gasteiger partial charge in [-0.15, -0.1) is 0 Å². The third-order valence-corrected chi connectivity index (χ3v) is 3.32. The lowest BCUT2D eigenvalue weighted by molar-refractivity contribution is 0.100.